The van der Waals surface area contributed by atoms with Crippen LogP contribution < -0.4 is 9.64 Å². The highest BCUT2D eigenvalue weighted by Gasteiger charge is 2.58. The fourth-order valence-corrected chi connectivity index (χ4v) is 4.58. The quantitative estimate of drug-likeness (QED) is 0.490. The summed E-state index contributed by atoms with van der Waals surface area (Å²) >= 11 is 0.407. The molecule has 17 heteroatoms. The van der Waals surface area contributed by atoms with E-state index in [1.165, 1.54) is 4.90 Å². The number of carbonyl (C=O) groups is 1. The van der Waals surface area contributed by atoms with Gasteiger partial charge in [-0.1, -0.05) is 11.3 Å². The first-order valence-electron chi connectivity index (χ1n) is 9.89. The van der Waals surface area contributed by atoms with Crippen LogP contribution in [0.25, 0.3) is 0 Å². The van der Waals surface area contributed by atoms with Crippen molar-refractivity contribution in [3.05, 3.63) is 34.8 Å². The summed E-state index contributed by atoms with van der Waals surface area (Å²) in [5.74, 6) is -6.84. The second-order valence-corrected chi connectivity index (χ2v) is 10.7. The zero-order valence-electron chi connectivity index (χ0n) is 18.2. The fraction of sp³-hybridized carbons (Fsp3) is 0.474. The maximum Gasteiger partial charge on any atom is 0.456 e. The van der Waals surface area contributed by atoms with E-state index in [-0.39, 0.29) is 31.3 Å². The molecule has 0 unspecified atom stereocenters. The van der Waals surface area contributed by atoms with Crippen LogP contribution in [0.15, 0.2) is 29.3 Å². The molecule has 200 valence electrons. The smallest absolute Gasteiger partial charge is 0.456 e. The SMILES string of the molecule is CS(=O)(=O)c1ccc(OCC(F)(F)C(F)(F)F)c(C(=O)N2CCN(c3ncc(C(F)(F)F)s3)CC2)c1. The fourth-order valence-electron chi connectivity index (χ4n) is 3.10. The molecule has 0 spiro atoms. The molecule has 0 aliphatic carbocycles. The average molecular weight is 567 g/mol. The molecule has 36 heavy (non-hydrogen) atoms. The highest BCUT2D eigenvalue weighted by Crippen LogP contribution is 2.38. The van der Waals surface area contributed by atoms with Crippen LogP contribution in [0, 0.1) is 0 Å². The lowest BCUT2D eigenvalue weighted by atomic mass is 10.1. The van der Waals surface area contributed by atoms with Gasteiger partial charge in [0.15, 0.2) is 21.6 Å². The Kier molecular flexibility index (Phi) is 7.47. The van der Waals surface area contributed by atoms with Gasteiger partial charge in [-0.15, -0.1) is 0 Å². The van der Waals surface area contributed by atoms with Crippen LogP contribution in [0.4, 0.5) is 40.3 Å². The van der Waals surface area contributed by atoms with Gasteiger partial charge in [-0.3, -0.25) is 4.79 Å². The molecule has 1 aromatic carbocycles. The third kappa shape index (κ3) is 6.16. The van der Waals surface area contributed by atoms with Crippen molar-refractivity contribution in [1.29, 1.82) is 0 Å². The highest BCUT2D eigenvalue weighted by atomic mass is 32.2. The number of nitrogens with zero attached hydrogens (tertiary/aromatic N) is 3. The lowest BCUT2D eigenvalue weighted by Crippen LogP contribution is -2.49. The normalized spacial score (nSPS) is 15.8. The average Bonchev–Trinajstić information content (AvgIpc) is 3.27. The minimum atomic E-state index is -5.91. The Balaban J connectivity index is 1.80. The Morgan fingerprint density at radius 2 is 1.67 bits per heavy atom. The van der Waals surface area contributed by atoms with Crippen LogP contribution in [0.2, 0.25) is 0 Å². The summed E-state index contributed by atoms with van der Waals surface area (Å²) in [6.45, 7) is -2.24. The summed E-state index contributed by atoms with van der Waals surface area (Å²) in [7, 11) is -3.89. The van der Waals surface area contributed by atoms with E-state index in [0.29, 0.717) is 17.5 Å². The second kappa shape index (κ2) is 9.64. The van der Waals surface area contributed by atoms with Crippen molar-refractivity contribution in [3.8, 4) is 5.75 Å². The Labute approximate surface area is 203 Å². The molecule has 1 fully saturated rings. The molecule has 0 saturated carbocycles. The summed E-state index contributed by atoms with van der Waals surface area (Å²) in [5, 5.41) is 0.0619. The van der Waals surface area contributed by atoms with E-state index in [4.69, 9.17) is 0 Å². The Morgan fingerprint density at radius 3 is 2.17 bits per heavy atom. The molecule has 1 aliphatic heterocycles. The number of hydrogen-bond acceptors (Lipinski definition) is 7. The zero-order chi connectivity index (χ0) is 27.1. The molecule has 0 bridgehead atoms. The number of anilines is 1. The van der Waals surface area contributed by atoms with E-state index in [9.17, 15) is 48.3 Å². The number of piperazine rings is 1. The van der Waals surface area contributed by atoms with Crippen molar-refractivity contribution in [2.75, 3.05) is 43.9 Å². The first-order chi connectivity index (χ1) is 16.4. The number of ether oxygens (including phenoxy) is 1. The Morgan fingerprint density at radius 1 is 1.06 bits per heavy atom. The van der Waals surface area contributed by atoms with E-state index in [1.54, 1.807) is 0 Å². The van der Waals surface area contributed by atoms with Gasteiger partial charge in [-0.25, -0.2) is 13.4 Å². The number of hydrogen-bond donors (Lipinski definition) is 0. The molecule has 0 radical (unpaired) electrons. The molecular weight excluding hydrogens is 550 g/mol. The molecule has 1 amide bonds. The third-order valence-corrected chi connectivity index (χ3v) is 7.26. The number of carbonyl (C=O) groups excluding carboxylic acids is 1. The van der Waals surface area contributed by atoms with Gasteiger partial charge in [0.05, 0.1) is 16.7 Å². The summed E-state index contributed by atoms with van der Waals surface area (Å²) < 4.78 is 131. The second-order valence-electron chi connectivity index (χ2n) is 7.71. The topological polar surface area (TPSA) is 79.8 Å². The van der Waals surface area contributed by atoms with Crippen LogP contribution in [-0.4, -0.2) is 75.3 Å². The summed E-state index contributed by atoms with van der Waals surface area (Å²) in [6, 6.07) is 2.51. The molecule has 3 rings (SSSR count). The lowest BCUT2D eigenvalue weighted by molar-refractivity contribution is -0.290. The van der Waals surface area contributed by atoms with Gasteiger partial charge >= 0.3 is 18.3 Å². The van der Waals surface area contributed by atoms with Crippen LogP contribution in [-0.2, 0) is 16.0 Å². The molecule has 0 atom stereocenters. The van der Waals surface area contributed by atoms with Gasteiger partial charge in [-0.2, -0.15) is 35.1 Å². The predicted molar refractivity (Wildman–Crippen MR) is 111 cm³/mol. The predicted octanol–water partition coefficient (Wildman–Crippen LogP) is 4.10. The van der Waals surface area contributed by atoms with Gasteiger partial charge in [0.1, 0.15) is 10.6 Å². The number of benzene rings is 1. The Bertz CT molecular complexity index is 1220. The highest BCUT2D eigenvalue weighted by molar-refractivity contribution is 7.90. The van der Waals surface area contributed by atoms with Crippen molar-refractivity contribution in [2.24, 2.45) is 0 Å². The number of halogens is 8. The number of alkyl halides is 8. The monoisotopic (exact) mass is 567 g/mol. The molecule has 2 heterocycles. The van der Waals surface area contributed by atoms with E-state index in [0.717, 1.165) is 29.4 Å². The summed E-state index contributed by atoms with van der Waals surface area (Å²) in [5.41, 5.74) is -0.557. The van der Waals surface area contributed by atoms with Gasteiger partial charge in [0.25, 0.3) is 5.91 Å². The van der Waals surface area contributed by atoms with Crippen molar-refractivity contribution in [3.63, 3.8) is 0 Å². The van der Waals surface area contributed by atoms with E-state index < -0.39 is 61.7 Å². The van der Waals surface area contributed by atoms with Crippen molar-refractivity contribution < 1.29 is 53.1 Å². The number of thiazole rings is 1. The molecule has 0 N–H and O–H groups in total. The first-order valence-corrected chi connectivity index (χ1v) is 12.6. The van der Waals surface area contributed by atoms with E-state index >= 15 is 0 Å². The number of sulfone groups is 1. The standard InChI is InChI=1S/C19H17F8N3O4S2/c1-36(32,33)11-2-3-13(34-10-17(20,21)19(25,26)27)12(8-11)15(31)29-4-6-30(7-5-29)16-28-9-14(35-16)18(22,23)24/h2-3,8-9H,4-7,10H2,1H3. The Hall–Kier alpha value is -2.69. The van der Waals surface area contributed by atoms with Crippen LogP contribution in [0.3, 0.4) is 0 Å². The van der Waals surface area contributed by atoms with Gasteiger partial charge in [0, 0.05) is 32.4 Å². The van der Waals surface area contributed by atoms with Gasteiger partial charge in [0.2, 0.25) is 0 Å². The van der Waals surface area contributed by atoms with Crippen molar-refractivity contribution >= 4 is 32.2 Å². The minimum Gasteiger partial charge on any atom is -0.486 e. The van der Waals surface area contributed by atoms with Crippen molar-refractivity contribution in [2.45, 2.75) is 23.2 Å². The van der Waals surface area contributed by atoms with Crippen LogP contribution in [0.1, 0.15) is 15.2 Å². The molecule has 2 aromatic rings. The number of aromatic nitrogens is 1. The molecule has 1 saturated heterocycles. The van der Waals surface area contributed by atoms with Gasteiger partial charge in [-0.05, 0) is 18.2 Å². The molecule has 1 aliphatic rings. The van der Waals surface area contributed by atoms with E-state index in [1.807, 2.05) is 0 Å². The summed E-state index contributed by atoms with van der Waals surface area (Å²) in [6.07, 6.45) is -9.01. The number of rotatable bonds is 6. The van der Waals surface area contributed by atoms with Crippen molar-refractivity contribution in [1.82, 2.24) is 9.88 Å². The minimum absolute atomic E-state index is 0.0324. The zero-order valence-corrected chi connectivity index (χ0v) is 19.8. The summed E-state index contributed by atoms with van der Waals surface area (Å²) in [4.78, 5) is 18.1. The number of amides is 1. The first kappa shape index (κ1) is 27.9. The van der Waals surface area contributed by atoms with Gasteiger partial charge < -0.3 is 14.5 Å². The molecular formula is C19H17F8N3O4S2. The molecule has 7 nitrogen and oxygen atoms in total. The van der Waals surface area contributed by atoms with E-state index in [2.05, 4.69) is 9.72 Å². The van der Waals surface area contributed by atoms with Crippen LogP contribution in [0.5, 0.6) is 5.75 Å². The maximum atomic E-state index is 13.3. The largest absolute Gasteiger partial charge is 0.486 e. The maximum absolute atomic E-state index is 13.3. The third-order valence-electron chi connectivity index (χ3n) is 5.04. The lowest BCUT2D eigenvalue weighted by Gasteiger charge is -2.35. The van der Waals surface area contributed by atoms with Crippen LogP contribution >= 0.6 is 11.3 Å². The molecule has 1 aromatic heterocycles.